The molecule has 0 aliphatic carbocycles. The highest BCUT2D eigenvalue weighted by molar-refractivity contribution is 6.33. The van der Waals surface area contributed by atoms with Gasteiger partial charge in [0.05, 0.1) is 17.6 Å². The van der Waals surface area contributed by atoms with Crippen molar-refractivity contribution >= 4 is 28.9 Å². The average Bonchev–Trinajstić information content (AvgIpc) is 2.65. The molecule has 11 heteroatoms. The summed E-state index contributed by atoms with van der Waals surface area (Å²) in [5, 5.41) is 19.7. The molecule has 0 atom stereocenters. The number of aryl methyl sites for hydroxylation is 1. The van der Waals surface area contributed by atoms with Gasteiger partial charge in [0.25, 0.3) is 0 Å². The molecule has 0 unspecified atom stereocenters. The molecule has 3 heterocycles. The molecule has 3 rings (SSSR count). The molecule has 30 heavy (non-hydrogen) atoms. The number of rotatable bonds is 4. The first-order valence-electron chi connectivity index (χ1n) is 8.27. The van der Waals surface area contributed by atoms with Crippen molar-refractivity contribution in [3.05, 3.63) is 87.2 Å². The van der Waals surface area contributed by atoms with Gasteiger partial charge in [0, 0.05) is 24.0 Å². The predicted molar refractivity (Wildman–Crippen MR) is 104 cm³/mol. The number of hydrogen-bond acceptors (Lipinski definition) is 6. The summed E-state index contributed by atoms with van der Waals surface area (Å²) >= 11 is 12.0. The van der Waals surface area contributed by atoms with E-state index < -0.39 is 29.1 Å². The highest BCUT2D eigenvalue weighted by Gasteiger charge is 2.37. The van der Waals surface area contributed by atoms with Crippen molar-refractivity contribution in [1.29, 1.82) is 0 Å². The van der Waals surface area contributed by atoms with Gasteiger partial charge in [-0.25, -0.2) is 23.1 Å². The molecule has 1 aliphatic rings. The van der Waals surface area contributed by atoms with Gasteiger partial charge in [0.2, 0.25) is 0 Å². The number of aromatic nitrogens is 2. The predicted octanol–water partition coefficient (Wildman–Crippen LogP) is 4.36. The number of aliphatic hydroxyl groups is 2. The largest absolute Gasteiger partial charge is 0.433 e. The van der Waals surface area contributed by atoms with E-state index in [-0.39, 0.29) is 27.3 Å². The van der Waals surface area contributed by atoms with Crippen LogP contribution >= 0.6 is 23.2 Å². The number of anilines is 1. The van der Waals surface area contributed by atoms with Gasteiger partial charge in [-0.2, -0.15) is 0 Å². The third-order valence-electron chi connectivity index (χ3n) is 4.16. The minimum Gasteiger partial charge on any atom is -0.433 e. The Hall–Kier alpha value is -2.59. The lowest BCUT2D eigenvalue weighted by Gasteiger charge is -2.34. The molecular formula is C19H14Cl2F3N3O3. The fraction of sp³-hybridized carbons (Fsp3) is 0.158. The molecule has 0 fully saturated rings. The summed E-state index contributed by atoms with van der Waals surface area (Å²) in [6.07, 6.45) is 3.19. The van der Waals surface area contributed by atoms with Crippen LogP contribution in [0.25, 0.3) is 0 Å². The Labute approximate surface area is 179 Å². The van der Waals surface area contributed by atoms with Gasteiger partial charge < -0.3 is 19.8 Å². The van der Waals surface area contributed by atoms with Gasteiger partial charge in [-0.3, -0.25) is 0 Å². The van der Waals surface area contributed by atoms with Crippen LogP contribution in [0, 0.1) is 24.4 Å². The molecule has 0 saturated carbocycles. The van der Waals surface area contributed by atoms with Crippen LogP contribution in [0.2, 0.25) is 5.15 Å². The van der Waals surface area contributed by atoms with E-state index in [2.05, 4.69) is 16.5 Å². The van der Waals surface area contributed by atoms with Crippen molar-refractivity contribution < 1.29 is 28.1 Å². The molecule has 0 radical (unpaired) electrons. The fourth-order valence-electron chi connectivity index (χ4n) is 2.83. The van der Waals surface area contributed by atoms with Crippen LogP contribution in [-0.4, -0.2) is 20.2 Å². The van der Waals surface area contributed by atoms with Gasteiger partial charge in [0.1, 0.15) is 16.6 Å². The van der Waals surface area contributed by atoms with E-state index >= 15 is 0 Å². The van der Waals surface area contributed by atoms with Crippen LogP contribution in [0.5, 0.6) is 0 Å². The Bertz CT molecular complexity index is 1120. The van der Waals surface area contributed by atoms with E-state index in [9.17, 15) is 23.4 Å². The molecule has 0 saturated heterocycles. The van der Waals surface area contributed by atoms with Crippen molar-refractivity contribution in [3.8, 4) is 0 Å². The number of ether oxygens (including phenoxy) is 1. The third-order valence-corrected chi connectivity index (χ3v) is 4.83. The van der Waals surface area contributed by atoms with Crippen LogP contribution in [-0.2, 0) is 10.7 Å². The summed E-state index contributed by atoms with van der Waals surface area (Å²) in [7, 11) is 0. The monoisotopic (exact) mass is 459 g/mol. The number of nitrogens with zero attached hydrogens (tertiary/aromatic N) is 3. The smallest absolute Gasteiger partial charge is 0.372 e. The lowest BCUT2D eigenvalue weighted by molar-refractivity contribution is -0.334. The molecular weight excluding hydrogens is 446 g/mol. The van der Waals surface area contributed by atoms with Crippen LogP contribution in [0.15, 0.2) is 53.3 Å². The second-order valence-electron chi connectivity index (χ2n) is 6.33. The molecule has 6 nitrogen and oxygen atoms in total. The van der Waals surface area contributed by atoms with Gasteiger partial charge in [0.15, 0.2) is 22.5 Å². The van der Waals surface area contributed by atoms with Crippen molar-refractivity contribution in [1.82, 2.24) is 9.97 Å². The zero-order chi connectivity index (χ0) is 22.4. The van der Waals surface area contributed by atoms with E-state index in [1.54, 1.807) is 6.92 Å². The Morgan fingerprint density at radius 2 is 1.80 bits per heavy atom. The summed E-state index contributed by atoms with van der Waals surface area (Å²) < 4.78 is 46.6. The lowest BCUT2D eigenvalue weighted by atomic mass is 10.1. The second-order valence-corrected chi connectivity index (χ2v) is 7.07. The molecule has 1 aliphatic heterocycles. The number of hydrogen-bond donors (Lipinski definition) is 2. The van der Waals surface area contributed by atoms with E-state index in [0.29, 0.717) is 23.5 Å². The van der Waals surface area contributed by atoms with Gasteiger partial charge in [-0.05, 0) is 19.4 Å². The summed E-state index contributed by atoms with van der Waals surface area (Å²) in [5.74, 6) is -6.78. The van der Waals surface area contributed by atoms with Crippen LogP contribution in [0.1, 0.15) is 18.2 Å². The number of halogens is 5. The number of pyridine rings is 2. The fourth-order valence-corrected chi connectivity index (χ4v) is 3.14. The maximum atomic E-state index is 14.6. The minimum atomic E-state index is -3.28. The molecule has 158 valence electrons. The normalized spacial score (nSPS) is 14.9. The summed E-state index contributed by atoms with van der Waals surface area (Å²) in [5.41, 5.74) is -0.193. The maximum absolute atomic E-state index is 14.6. The molecule has 0 bridgehead atoms. The Kier molecular flexibility index (Phi) is 5.83. The Morgan fingerprint density at radius 3 is 2.43 bits per heavy atom. The van der Waals surface area contributed by atoms with Gasteiger partial charge in [-0.15, -0.1) is 0 Å². The molecule has 2 aromatic heterocycles. The molecule has 0 amide bonds. The van der Waals surface area contributed by atoms with Crippen molar-refractivity contribution in [3.63, 3.8) is 0 Å². The van der Waals surface area contributed by atoms with Crippen LogP contribution < -0.4 is 4.90 Å². The van der Waals surface area contributed by atoms with Crippen molar-refractivity contribution in [2.24, 2.45) is 0 Å². The zero-order valence-electron chi connectivity index (χ0n) is 15.6. The average molecular weight is 460 g/mol. The molecule has 2 aromatic rings. The SMILES string of the molecule is C=C1C(Cl)=C(OC(O)(O)c2ncc(F)cc2F)C=C(C)N1c1c(C)cnc(Cl)c1F. The van der Waals surface area contributed by atoms with Crippen LogP contribution in [0.3, 0.4) is 0 Å². The Balaban J connectivity index is 2.00. The minimum absolute atomic E-state index is 0.0132. The maximum Gasteiger partial charge on any atom is 0.372 e. The first-order valence-corrected chi connectivity index (χ1v) is 9.03. The van der Waals surface area contributed by atoms with E-state index in [0.717, 1.165) is 0 Å². The number of allylic oxidation sites excluding steroid dienone is 3. The standard InChI is InChI=1S/C19H14Cl2F3N3O3/c1-8-6-26-18(21)15(24)16(8)27-9(2)4-13(14(20)10(27)3)30-19(28,29)17-12(23)5-11(22)7-25-17/h4-7,28-29H,3H2,1-2H3. The Morgan fingerprint density at radius 1 is 1.13 bits per heavy atom. The first kappa shape index (κ1) is 22.1. The third kappa shape index (κ3) is 3.89. The summed E-state index contributed by atoms with van der Waals surface area (Å²) in [6.45, 7) is 6.92. The van der Waals surface area contributed by atoms with Crippen molar-refractivity contribution in [2.75, 3.05) is 4.90 Å². The highest BCUT2D eigenvalue weighted by atomic mass is 35.5. The quantitative estimate of drug-likeness (QED) is 0.522. The molecule has 0 spiro atoms. The zero-order valence-corrected chi connectivity index (χ0v) is 17.1. The summed E-state index contributed by atoms with van der Waals surface area (Å²) in [6, 6.07) is 0.407. The molecule has 2 N–H and O–H groups in total. The van der Waals surface area contributed by atoms with Gasteiger partial charge in [-0.1, -0.05) is 29.8 Å². The highest BCUT2D eigenvalue weighted by Crippen LogP contribution is 2.41. The van der Waals surface area contributed by atoms with Crippen molar-refractivity contribution in [2.45, 2.75) is 19.8 Å². The van der Waals surface area contributed by atoms with Gasteiger partial charge >= 0.3 is 5.97 Å². The topological polar surface area (TPSA) is 78.7 Å². The lowest BCUT2D eigenvalue weighted by Crippen LogP contribution is -2.33. The van der Waals surface area contributed by atoms with E-state index in [1.165, 1.54) is 24.1 Å². The molecule has 0 aromatic carbocycles. The summed E-state index contributed by atoms with van der Waals surface area (Å²) in [4.78, 5) is 8.37. The second kappa shape index (κ2) is 7.92. The first-order chi connectivity index (χ1) is 13.9. The van der Waals surface area contributed by atoms with E-state index in [1.807, 2.05) is 0 Å². The van der Waals surface area contributed by atoms with E-state index in [4.69, 9.17) is 27.9 Å². The van der Waals surface area contributed by atoms with Crippen LogP contribution in [0.4, 0.5) is 18.9 Å².